The first-order valence-electron chi connectivity index (χ1n) is 4.45. The number of hydrogen-bond donors (Lipinski definition) is 1. The van der Waals surface area contributed by atoms with Crippen LogP contribution < -0.4 is 0 Å². The molecular formula is C10H18O. The maximum absolute atomic E-state index is 9.65. The van der Waals surface area contributed by atoms with Gasteiger partial charge in [0.2, 0.25) is 0 Å². The summed E-state index contributed by atoms with van der Waals surface area (Å²) in [6.45, 7) is 6.40. The quantitative estimate of drug-likeness (QED) is 0.531. The molecule has 0 unspecified atom stereocenters. The number of aliphatic hydroxyl groups excluding tert-OH is 1. The molecule has 1 aliphatic carbocycles. The van der Waals surface area contributed by atoms with Crippen molar-refractivity contribution in [3.8, 4) is 0 Å². The second kappa shape index (κ2) is 3.40. The van der Waals surface area contributed by atoms with Crippen LogP contribution in [0.2, 0.25) is 0 Å². The highest BCUT2D eigenvalue weighted by Gasteiger charge is 2.21. The summed E-state index contributed by atoms with van der Waals surface area (Å²) in [5.41, 5.74) is 2.59. The molecule has 1 fully saturated rings. The van der Waals surface area contributed by atoms with Gasteiger partial charge in [-0.25, -0.2) is 0 Å². The summed E-state index contributed by atoms with van der Waals surface area (Å²) in [5.74, 6) is 0.702. The average Bonchev–Trinajstić information content (AvgIpc) is 1.85. The summed E-state index contributed by atoms with van der Waals surface area (Å²) in [4.78, 5) is 0. The lowest BCUT2D eigenvalue weighted by Crippen LogP contribution is -2.21. The maximum Gasteiger partial charge on any atom is 0.0755 e. The topological polar surface area (TPSA) is 20.2 Å². The van der Waals surface area contributed by atoms with Crippen LogP contribution in [0.4, 0.5) is 0 Å². The largest absolute Gasteiger partial charge is 0.389 e. The molecule has 1 N–H and O–H groups in total. The first-order valence-corrected chi connectivity index (χ1v) is 4.45. The molecule has 0 aromatic carbocycles. The van der Waals surface area contributed by atoms with Crippen molar-refractivity contribution in [1.82, 2.24) is 0 Å². The van der Waals surface area contributed by atoms with Crippen molar-refractivity contribution in [2.24, 2.45) is 5.92 Å². The van der Waals surface area contributed by atoms with Crippen LogP contribution in [0.25, 0.3) is 0 Å². The number of hydrogen-bond acceptors (Lipinski definition) is 1. The van der Waals surface area contributed by atoms with Crippen molar-refractivity contribution >= 4 is 0 Å². The zero-order valence-electron chi connectivity index (χ0n) is 7.72. The zero-order chi connectivity index (χ0) is 8.43. The minimum Gasteiger partial charge on any atom is -0.389 e. The molecule has 0 aliphatic heterocycles. The molecule has 64 valence electrons. The minimum atomic E-state index is -0.149. The minimum absolute atomic E-state index is 0.149. The molecule has 2 atom stereocenters. The fourth-order valence-corrected chi connectivity index (χ4v) is 1.79. The average molecular weight is 154 g/mol. The highest BCUT2D eigenvalue weighted by molar-refractivity contribution is 5.16. The highest BCUT2D eigenvalue weighted by atomic mass is 16.3. The molecule has 0 aromatic rings. The Labute approximate surface area is 69.1 Å². The molecule has 0 saturated heterocycles. The summed E-state index contributed by atoms with van der Waals surface area (Å²) in [6, 6.07) is 0. The fraction of sp³-hybridized carbons (Fsp3) is 0.800. The smallest absolute Gasteiger partial charge is 0.0755 e. The predicted molar refractivity (Wildman–Crippen MR) is 47.4 cm³/mol. The standard InChI is InChI=1S/C10H18O/c1-7(2)9-5-4-8(3)6-10(9)11/h8,10-11H,4-6H2,1-3H3/t8-,10+/m1/s1. The van der Waals surface area contributed by atoms with Gasteiger partial charge in [0.25, 0.3) is 0 Å². The molecule has 11 heavy (non-hydrogen) atoms. The van der Waals surface area contributed by atoms with E-state index < -0.39 is 0 Å². The highest BCUT2D eigenvalue weighted by Crippen LogP contribution is 2.29. The number of aliphatic hydroxyl groups is 1. The second-order valence-corrected chi connectivity index (χ2v) is 3.92. The lowest BCUT2D eigenvalue weighted by molar-refractivity contribution is 0.152. The lowest BCUT2D eigenvalue weighted by Gasteiger charge is -2.26. The summed E-state index contributed by atoms with van der Waals surface area (Å²) < 4.78 is 0. The molecule has 1 nitrogen and oxygen atoms in total. The van der Waals surface area contributed by atoms with Crippen LogP contribution in [0.3, 0.4) is 0 Å². The van der Waals surface area contributed by atoms with Crippen molar-refractivity contribution in [2.75, 3.05) is 0 Å². The van der Waals surface area contributed by atoms with Gasteiger partial charge in [-0.1, -0.05) is 12.5 Å². The molecule has 1 heteroatoms. The Kier molecular flexibility index (Phi) is 2.72. The molecule has 0 amide bonds. The van der Waals surface area contributed by atoms with E-state index >= 15 is 0 Å². The Morgan fingerprint density at radius 2 is 2.09 bits per heavy atom. The first kappa shape index (κ1) is 8.79. The molecule has 1 aliphatic rings. The number of rotatable bonds is 0. The van der Waals surface area contributed by atoms with E-state index in [2.05, 4.69) is 20.8 Å². The van der Waals surface area contributed by atoms with Crippen molar-refractivity contribution in [2.45, 2.75) is 46.1 Å². The lowest BCUT2D eigenvalue weighted by atomic mass is 9.83. The van der Waals surface area contributed by atoms with Gasteiger partial charge in [-0.3, -0.25) is 0 Å². The van der Waals surface area contributed by atoms with E-state index in [9.17, 15) is 5.11 Å². The summed E-state index contributed by atoms with van der Waals surface area (Å²) in [5, 5.41) is 9.65. The third-order valence-corrected chi connectivity index (χ3v) is 2.58. The third kappa shape index (κ3) is 2.06. The predicted octanol–water partition coefficient (Wildman–Crippen LogP) is 2.50. The Hall–Kier alpha value is -0.300. The molecule has 0 aromatic heterocycles. The van der Waals surface area contributed by atoms with Gasteiger partial charge in [0, 0.05) is 0 Å². The van der Waals surface area contributed by atoms with Gasteiger partial charge in [-0.2, -0.15) is 0 Å². The SMILES string of the molecule is CC(C)=C1CC[C@@H](C)C[C@@H]1O. The van der Waals surface area contributed by atoms with E-state index in [-0.39, 0.29) is 6.10 Å². The van der Waals surface area contributed by atoms with E-state index in [0.717, 1.165) is 12.8 Å². The monoisotopic (exact) mass is 154 g/mol. The van der Waals surface area contributed by atoms with Crippen molar-refractivity contribution in [1.29, 1.82) is 0 Å². The van der Waals surface area contributed by atoms with Crippen LogP contribution in [0.1, 0.15) is 40.0 Å². The normalized spacial score (nSPS) is 32.2. The van der Waals surface area contributed by atoms with Gasteiger partial charge in [0.15, 0.2) is 0 Å². The third-order valence-electron chi connectivity index (χ3n) is 2.58. The van der Waals surface area contributed by atoms with Gasteiger partial charge in [0.05, 0.1) is 6.10 Å². The summed E-state index contributed by atoms with van der Waals surface area (Å²) in [6.07, 6.45) is 3.16. The second-order valence-electron chi connectivity index (χ2n) is 3.92. The van der Waals surface area contributed by atoms with Crippen LogP contribution in [-0.2, 0) is 0 Å². The summed E-state index contributed by atoms with van der Waals surface area (Å²) >= 11 is 0. The van der Waals surface area contributed by atoms with E-state index in [0.29, 0.717) is 5.92 Å². The van der Waals surface area contributed by atoms with E-state index in [4.69, 9.17) is 0 Å². The molecule has 0 heterocycles. The fourth-order valence-electron chi connectivity index (χ4n) is 1.79. The molecule has 0 radical (unpaired) electrons. The summed E-state index contributed by atoms with van der Waals surface area (Å²) in [7, 11) is 0. The Morgan fingerprint density at radius 3 is 2.55 bits per heavy atom. The van der Waals surface area contributed by atoms with Crippen LogP contribution in [0, 0.1) is 5.92 Å². The zero-order valence-corrected chi connectivity index (χ0v) is 7.72. The van der Waals surface area contributed by atoms with Crippen molar-refractivity contribution in [3.05, 3.63) is 11.1 Å². The maximum atomic E-state index is 9.65. The molecule has 0 bridgehead atoms. The van der Waals surface area contributed by atoms with Gasteiger partial charge in [-0.15, -0.1) is 0 Å². The van der Waals surface area contributed by atoms with Gasteiger partial charge < -0.3 is 5.11 Å². The Morgan fingerprint density at radius 1 is 1.45 bits per heavy atom. The van der Waals surface area contributed by atoms with Gasteiger partial charge >= 0.3 is 0 Å². The van der Waals surface area contributed by atoms with Crippen LogP contribution in [-0.4, -0.2) is 11.2 Å². The van der Waals surface area contributed by atoms with Crippen LogP contribution in [0.5, 0.6) is 0 Å². The van der Waals surface area contributed by atoms with Crippen LogP contribution in [0.15, 0.2) is 11.1 Å². The van der Waals surface area contributed by atoms with Crippen LogP contribution >= 0.6 is 0 Å². The van der Waals surface area contributed by atoms with E-state index in [1.807, 2.05) is 0 Å². The number of allylic oxidation sites excluding steroid dienone is 1. The Balaban J connectivity index is 2.65. The van der Waals surface area contributed by atoms with Crippen molar-refractivity contribution < 1.29 is 5.11 Å². The van der Waals surface area contributed by atoms with Gasteiger partial charge in [0.1, 0.15) is 0 Å². The molecular weight excluding hydrogens is 136 g/mol. The molecule has 1 saturated carbocycles. The molecule has 0 spiro atoms. The van der Waals surface area contributed by atoms with Gasteiger partial charge in [-0.05, 0) is 44.6 Å². The van der Waals surface area contributed by atoms with Crippen molar-refractivity contribution in [3.63, 3.8) is 0 Å². The first-order chi connectivity index (χ1) is 5.11. The Bertz CT molecular complexity index is 166. The van der Waals surface area contributed by atoms with E-state index in [1.165, 1.54) is 17.6 Å². The molecule has 1 rings (SSSR count). The van der Waals surface area contributed by atoms with E-state index in [1.54, 1.807) is 0 Å².